The van der Waals surface area contributed by atoms with Crippen molar-refractivity contribution in [3.05, 3.63) is 94.8 Å². The lowest BCUT2D eigenvalue weighted by molar-refractivity contribution is 0.101. The highest BCUT2D eigenvalue weighted by Gasteiger charge is 2.12. The highest BCUT2D eigenvalue weighted by atomic mass is 35.5. The predicted octanol–water partition coefficient (Wildman–Crippen LogP) is 5.71. The molecule has 0 saturated carbocycles. The zero-order valence-electron chi connectivity index (χ0n) is 14.1. The van der Waals surface area contributed by atoms with Crippen molar-refractivity contribution in [2.24, 2.45) is 0 Å². The number of amides is 1. The summed E-state index contributed by atoms with van der Waals surface area (Å²) in [5.74, 6) is -0.964. The first-order valence-electron chi connectivity index (χ1n) is 8.11. The second-order valence-corrected chi connectivity index (χ2v) is 7.11. The van der Waals surface area contributed by atoms with Crippen molar-refractivity contribution in [1.29, 1.82) is 0 Å². The van der Waals surface area contributed by atoms with Gasteiger partial charge in [-0.25, -0.2) is 4.39 Å². The van der Waals surface area contributed by atoms with Crippen molar-refractivity contribution in [2.75, 3.05) is 11.1 Å². The summed E-state index contributed by atoms with van der Waals surface area (Å²) in [4.78, 5) is 25.3. The van der Waals surface area contributed by atoms with Gasteiger partial charge >= 0.3 is 0 Å². The number of benzene rings is 3. The molecule has 3 rings (SSSR count). The van der Waals surface area contributed by atoms with E-state index in [4.69, 9.17) is 11.6 Å². The lowest BCUT2D eigenvalue weighted by Gasteiger charge is -2.08. The Bertz CT molecular complexity index is 993. The number of hydrogen-bond donors (Lipinski definition) is 1. The van der Waals surface area contributed by atoms with Crippen molar-refractivity contribution < 1.29 is 14.0 Å². The molecule has 27 heavy (non-hydrogen) atoms. The number of rotatable bonds is 6. The molecular formula is C21H15ClFNO2S. The Morgan fingerprint density at radius 2 is 1.63 bits per heavy atom. The summed E-state index contributed by atoms with van der Waals surface area (Å²) in [6.45, 7) is 0. The molecule has 0 aliphatic rings. The Morgan fingerprint density at radius 3 is 2.37 bits per heavy atom. The van der Waals surface area contributed by atoms with Crippen LogP contribution < -0.4 is 5.32 Å². The lowest BCUT2D eigenvalue weighted by Crippen LogP contribution is -2.13. The number of thioether (sulfide) groups is 1. The molecule has 1 amide bonds. The third-order valence-corrected chi connectivity index (χ3v) is 5.08. The van der Waals surface area contributed by atoms with Crippen molar-refractivity contribution in [2.45, 2.75) is 4.90 Å². The monoisotopic (exact) mass is 399 g/mol. The molecule has 0 bridgehead atoms. The molecule has 0 fully saturated rings. The van der Waals surface area contributed by atoms with Crippen LogP contribution in [0.15, 0.2) is 77.7 Å². The molecule has 0 aliphatic heterocycles. The highest BCUT2D eigenvalue weighted by molar-refractivity contribution is 8.00. The number of anilines is 1. The summed E-state index contributed by atoms with van der Waals surface area (Å²) < 4.78 is 13.7. The van der Waals surface area contributed by atoms with Crippen molar-refractivity contribution in [1.82, 2.24) is 0 Å². The maximum absolute atomic E-state index is 13.7. The standard InChI is InChI=1S/C21H15ClFNO2S/c22-18-10-3-1-8-16(18)20(25)13-27-15-7-5-6-14(12-15)24-21(26)17-9-2-4-11-19(17)23/h1-12H,13H2,(H,24,26). The minimum absolute atomic E-state index is 0.0237. The largest absolute Gasteiger partial charge is 0.322 e. The van der Waals surface area contributed by atoms with Crippen LogP contribution in [-0.2, 0) is 0 Å². The number of nitrogens with one attached hydrogen (secondary N) is 1. The third-order valence-electron chi connectivity index (χ3n) is 3.75. The fraction of sp³-hybridized carbons (Fsp3) is 0.0476. The van der Waals surface area contributed by atoms with E-state index in [1.807, 2.05) is 6.07 Å². The molecule has 6 heteroatoms. The molecule has 0 heterocycles. The second-order valence-electron chi connectivity index (χ2n) is 5.65. The molecule has 3 nitrogen and oxygen atoms in total. The summed E-state index contributed by atoms with van der Waals surface area (Å²) in [5, 5.41) is 3.09. The Labute approximate surface area is 165 Å². The van der Waals surface area contributed by atoms with E-state index in [2.05, 4.69) is 5.32 Å². The van der Waals surface area contributed by atoms with Gasteiger partial charge in [-0.2, -0.15) is 0 Å². The Balaban J connectivity index is 1.65. The van der Waals surface area contributed by atoms with Crippen molar-refractivity contribution in [3.63, 3.8) is 0 Å². The number of Topliss-reactive ketones (excluding diaryl/α,β-unsaturated/α-hetero) is 1. The van der Waals surface area contributed by atoms with E-state index in [1.165, 1.54) is 30.0 Å². The average Bonchev–Trinajstić information content (AvgIpc) is 2.67. The fourth-order valence-corrected chi connectivity index (χ4v) is 3.50. The molecule has 0 aromatic heterocycles. The topological polar surface area (TPSA) is 46.2 Å². The lowest BCUT2D eigenvalue weighted by atomic mass is 10.1. The van der Waals surface area contributed by atoms with Crippen LogP contribution in [0.5, 0.6) is 0 Å². The van der Waals surface area contributed by atoms with Gasteiger partial charge in [-0.3, -0.25) is 9.59 Å². The van der Waals surface area contributed by atoms with E-state index in [1.54, 1.807) is 48.5 Å². The Kier molecular flexibility index (Phi) is 6.27. The van der Waals surface area contributed by atoms with E-state index < -0.39 is 11.7 Å². The van der Waals surface area contributed by atoms with Crippen molar-refractivity contribution in [3.8, 4) is 0 Å². The van der Waals surface area contributed by atoms with Crippen LogP contribution in [-0.4, -0.2) is 17.4 Å². The molecule has 3 aromatic carbocycles. The SMILES string of the molecule is O=C(Nc1cccc(SCC(=O)c2ccccc2Cl)c1)c1ccccc1F. The number of hydrogen-bond acceptors (Lipinski definition) is 3. The maximum atomic E-state index is 13.7. The van der Waals surface area contributed by atoms with E-state index in [-0.39, 0.29) is 17.1 Å². The van der Waals surface area contributed by atoms with Crippen molar-refractivity contribution >= 4 is 40.7 Å². The summed E-state index contributed by atoms with van der Waals surface area (Å²) >= 11 is 7.38. The third kappa shape index (κ3) is 4.96. The molecular weight excluding hydrogens is 385 g/mol. The van der Waals surface area contributed by atoms with Crippen LogP contribution in [0, 0.1) is 5.82 Å². The summed E-state index contributed by atoms with van der Waals surface area (Å²) in [6.07, 6.45) is 0. The molecule has 136 valence electrons. The Morgan fingerprint density at radius 1 is 0.926 bits per heavy atom. The maximum Gasteiger partial charge on any atom is 0.258 e. The Hall–Kier alpha value is -2.63. The first-order valence-corrected chi connectivity index (χ1v) is 9.47. The summed E-state index contributed by atoms with van der Waals surface area (Å²) in [5.41, 5.74) is 0.985. The highest BCUT2D eigenvalue weighted by Crippen LogP contribution is 2.25. The van der Waals surface area contributed by atoms with Crippen LogP contribution >= 0.6 is 23.4 Å². The number of ketones is 1. The number of carbonyl (C=O) groups is 2. The first kappa shape index (κ1) is 19.1. The van der Waals surface area contributed by atoms with Gasteiger partial charge in [0, 0.05) is 16.1 Å². The fourth-order valence-electron chi connectivity index (χ4n) is 2.42. The van der Waals surface area contributed by atoms with Gasteiger partial charge in [0.25, 0.3) is 5.91 Å². The molecule has 0 spiro atoms. The van der Waals surface area contributed by atoms with Crippen LogP contribution in [0.1, 0.15) is 20.7 Å². The van der Waals surface area contributed by atoms with Gasteiger partial charge < -0.3 is 5.32 Å². The van der Waals surface area contributed by atoms with Gasteiger partial charge in [0.2, 0.25) is 0 Å². The summed E-state index contributed by atoms with van der Waals surface area (Å²) in [7, 11) is 0. The number of carbonyl (C=O) groups excluding carboxylic acids is 2. The van der Waals surface area contributed by atoms with Gasteiger partial charge in [0.05, 0.1) is 16.3 Å². The molecule has 3 aromatic rings. The van der Waals surface area contributed by atoms with Crippen LogP contribution in [0.3, 0.4) is 0 Å². The summed E-state index contributed by atoms with van der Waals surface area (Å²) in [6, 6.07) is 19.7. The van der Waals surface area contributed by atoms with E-state index >= 15 is 0 Å². The van der Waals surface area contributed by atoms with Crippen LogP contribution in [0.4, 0.5) is 10.1 Å². The minimum atomic E-state index is -0.578. The molecule has 0 atom stereocenters. The normalized spacial score (nSPS) is 10.4. The van der Waals surface area contributed by atoms with Crippen LogP contribution in [0.2, 0.25) is 5.02 Å². The number of halogens is 2. The second kappa shape index (κ2) is 8.84. The average molecular weight is 400 g/mol. The van der Waals surface area contributed by atoms with Gasteiger partial charge in [0.1, 0.15) is 5.82 Å². The predicted molar refractivity (Wildman–Crippen MR) is 107 cm³/mol. The van der Waals surface area contributed by atoms with Gasteiger partial charge in [-0.15, -0.1) is 11.8 Å². The van der Waals surface area contributed by atoms with E-state index in [0.29, 0.717) is 16.3 Å². The zero-order valence-corrected chi connectivity index (χ0v) is 15.7. The van der Waals surface area contributed by atoms with Gasteiger partial charge in [-0.05, 0) is 42.5 Å². The smallest absolute Gasteiger partial charge is 0.258 e. The quantitative estimate of drug-likeness (QED) is 0.426. The van der Waals surface area contributed by atoms with E-state index in [0.717, 1.165) is 4.90 Å². The minimum Gasteiger partial charge on any atom is -0.322 e. The molecule has 0 unspecified atom stereocenters. The molecule has 1 N–H and O–H groups in total. The first-order chi connectivity index (χ1) is 13.0. The van der Waals surface area contributed by atoms with Gasteiger partial charge in [0.15, 0.2) is 5.78 Å². The van der Waals surface area contributed by atoms with Crippen LogP contribution in [0.25, 0.3) is 0 Å². The van der Waals surface area contributed by atoms with E-state index in [9.17, 15) is 14.0 Å². The van der Waals surface area contributed by atoms with Gasteiger partial charge in [-0.1, -0.05) is 41.9 Å². The zero-order chi connectivity index (χ0) is 19.2. The molecule has 0 aliphatic carbocycles. The molecule has 0 radical (unpaired) electrons. The molecule has 0 saturated heterocycles.